The molecule has 2 heterocycles. The highest BCUT2D eigenvalue weighted by atomic mass is 16.2. The van der Waals surface area contributed by atoms with Crippen LogP contribution in [-0.4, -0.2) is 41.2 Å². The summed E-state index contributed by atoms with van der Waals surface area (Å²) in [7, 11) is 0. The summed E-state index contributed by atoms with van der Waals surface area (Å²) in [4.78, 5) is 28.4. The van der Waals surface area contributed by atoms with Crippen molar-refractivity contribution in [3.05, 3.63) is 35.4 Å². The molecule has 4 heteroatoms. The molecule has 112 valence electrons. The summed E-state index contributed by atoms with van der Waals surface area (Å²) in [6.07, 6.45) is 0. The molecule has 0 aliphatic carbocycles. The summed E-state index contributed by atoms with van der Waals surface area (Å²) in [5, 5.41) is 0. The molecule has 0 bridgehead atoms. The van der Waals surface area contributed by atoms with E-state index in [4.69, 9.17) is 0 Å². The summed E-state index contributed by atoms with van der Waals surface area (Å²) in [6.45, 7) is 7.53. The van der Waals surface area contributed by atoms with Crippen molar-refractivity contribution in [3.8, 4) is 0 Å². The van der Waals surface area contributed by atoms with Crippen molar-refractivity contribution in [1.29, 1.82) is 0 Å². The Labute approximate surface area is 125 Å². The number of rotatable bonds is 1. The first-order valence-corrected chi connectivity index (χ1v) is 7.66. The molecule has 0 saturated carbocycles. The smallest absolute Gasteiger partial charge is 0.242 e. The summed E-state index contributed by atoms with van der Waals surface area (Å²) in [5.74, 6) is 0.427. The number of nitrogens with zero attached hydrogens (tertiary/aromatic N) is 2. The highest BCUT2D eigenvalue weighted by Crippen LogP contribution is 2.38. The lowest BCUT2D eigenvalue weighted by molar-refractivity contribution is -0.151. The van der Waals surface area contributed by atoms with E-state index in [9.17, 15) is 9.59 Å². The van der Waals surface area contributed by atoms with Gasteiger partial charge in [0.2, 0.25) is 11.8 Å². The van der Waals surface area contributed by atoms with Crippen molar-refractivity contribution in [3.63, 3.8) is 0 Å². The molecule has 2 amide bonds. The Kier molecular flexibility index (Phi) is 3.47. The predicted octanol–water partition coefficient (Wildman–Crippen LogP) is 2.17. The zero-order chi connectivity index (χ0) is 15.1. The normalized spacial score (nSPS) is 24.9. The number of carbonyl (C=O) groups excluding carboxylic acids is 2. The summed E-state index contributed by atoms with van der Waals surface area (Å²) < 4.78 is 0. The van der Waals surface area contributed by atoms with E-state index in [-0.39, 0.29) is 30.3 Å². The van der Waals surface area contributed by atoms with Gasteiger partial charge in [-0.05, 0) is 17.0 Å². The van der Waals surface area contributed by atoms with Crippen LogP contribution in [0, 0.1) is 5.92 Å². The molecule has 2 aliphatic heterocycles. The number of hydrogen-bond acceptors (Lipinski definition) is 2. The van der Waals surface area contributed by atoms with Crippen molar-refractivity contribution in [2.45, 2.75) is 32.7 Å². The first-order chi connectivity index (χ1) is 9.99. The van der Waals surface area contributed by atoms with Gasteiger partial charge in [0.1, 0.15) is 0 Å². The second-order valence-electron chi connectivity index (χ2n) is 6.47. The Hall–Kier alpha value is -1.84. The predicted molar refractivity (Wildman–Crippen MR) is 80.7 cm³/mol. The Bertz CT molecular complexity index is 582. The van der Waals surface area contributed by atoms with Gasteiger partial charge in [-0.3, -0.25) is 9.59 Å². The second kappa shape index (κ2) is 5.17. The fourth-order valence-electron chi connectivity index (χ4n) is 3.48. The van der Waals surface area contributed by atoms with Gasteiger partial charge < -0.3 is 9.80 Å². The average molecular weight is 286 g/mol. The molecular formula is C17H22N2O2. The van der Waals surface area contributed by atoms with Gasteiger partial charge in [-0.2, -0.15) is 0 Å². The SMILES string of the molecule is CC(C)C(=O)N1CC(=O)N2CC(C)c3ccccc3C2C1. The summed E-state index contributed by atoms with van der Waals surface area (Å²) >= 11 is 0. The van der Waals surface area contributed by atoms with Crippen LogP contribution >= 0.6 is 0 Å². The van der Waals surface area contributed by atoms with Crippen LogP contribution in [0.2, 0.25) is 0 Å². The van der Waals surface area contributed by atoms with Crippen molar-refractivity contribution < 1.29 is 9.59 Å². The zero-order valence-corrected chi connectivity index (χ0v) is 12.9. The summed E-state index contributed by atoms with van der Waals surface area (Å²) in [6, 6.07) is 8.32. The first-order valence-electron chi connectivity index (χ1n) is 7.66. The van der Waals surface area contributed by atoms with E-state index < -0.39 is 0 Å². The molecule has 0 aromatic heterocycles. The third-order valence-electron chi connectivity index (χ3n) is 4.58. The van der Waals surface area contributed by atoms with Crippen molar-refractivity contribution >= 4 is 11.8 Å². The number of hydrogen-bond donors (Lipinski definition) is 0. The molecule has 0 spiro atoms. The number of piperazine rings is 1. The highest BCUT2D eigenvalue weighted by molar-refractivity contribution is 5.87. The first kappa shape index (κ1) is 14.1. The van der Waals surface area contributed by atoms with E-state index in [1.807, 2.05) is 30.9 Å². The quantitative estimate of drug-likeness (QED) is 0.794. The molecule has 1 aromatic carbocycles. The molecule has 1 saturated heterocycles. The van der Waals surface area contributed by atoms with E-state index in [0.29, 0.717) is 12.5 Å². The van der Waals surface area contributed by atoms with Crippen LogP contribution in [0.5, 0.6) is 0 Å². The lowest BCUT2D eigenvalue weighted by Gasteiger charge is -2.46. The van der Waals surface area contributed by atoms with Gasteiger partial charge in [-0.1, -0.05) is 45.0 Å². The highest BCUT2D eigenvalue weighted by Gasteiger charge is 2.40. The molecule has 4 nitrogen and oxygen atoms in total. The maximum Gasteiger partial charge on any atom is 0.242 e. The van der Waals surface area contributed by atoms with Crippen LogP contribution in [0.25, 0.3) is 0 Å². The average Bonchev–Trinajstić information content (AvgIpc) is 2.47. The second-order valence-corrected chi connectivity index (χ2v) is 6.47. The lowest BCUT2D eigenvalue weighted by Crippen LogP contribution is -2.56. The van der Waals surface area contributed by atoms with Gasteiger partial charge >= 0.3 is 0 Å². The van der Waals surface area contributed by atoms with E-state index in [0.717, 1.165) is 6.54 Å². The molecule has 2 atom stereocenters. The van der Waals surface area contributed by atoms with E-state index in [1.54, 1.807) is 4.90 Å². The van der Waals surface area contributed by atoms with Gasteiger partial charge in [-0.25, -0.2) is 0 Å². The van der Waals surface area contributed by atoms with Gasteiger partial charge in [0.15, 0.2) is 0 Å². The minimum absolute atomic E-state index is 0.0151. The summed E-state index contributed by atoms with van der Waals surface area (Å²) in [5.41, 5.74) is 2.51. The van der Waals surface area contributed by atoms with E-state index in [2.05, 4.69) is 19.1 Å². The van der Waals surface area contributed by atoms with Crippen LogP contribution in [0.1, 0.15) is 43.9 Å². The number of fused-ring (bicyclic) bond motifs is 3. The minimum atomic E-state index is -0.0675. The number of benzene rings is 1. The van der Waals surface area contributed by atoms with Crippen LogP contribution in [0.15, 0.2) is 24.3 Å². The van der Waals surface area contributed by atoms with Crippen LogP contribution in [0.3, 0.4) is 0 Å². The Balaban J connectivity index is 1.95. The zero-order valence-electron chi connectivity index (χ0n) is 12.9. The van der Waals surface area contributed by atoms with Crippen molar-refractivity contribution in [2.24, 2.45) is 5.92 Å². The molecule has 2 unspecified atom stereocenters. The maximum absolute atomic E-state index is 12.5. The third-order valence-corrected chi connectivity index (χ3v) is 4.58. The van der Waals surface area contributed by atoms with Gasteiger partial charge in [0, 0.05) is 19.0 Å². The minimum Gasteiger partial charge on any atom is -0.332 e. The molecule has 0 radical (unpaired) electrons. The third kappa shape index (κ3) is 2.33. The Morgan fingerprint density at radius 3 is 2.52 bits per heavy atom. The maximum atomic E-state index is 12.5. The van der Waals surface area contributed by atoms with Gasteiger partial charge in [0.25, 0.3) is 0 Å². The Morgan fingerprint density at radius 1 is 1.19 bits per heavy atom. The van der Waals surface area contributed by atoms with Gasteiger partial charge in [0.05, 0.1) is 12.6 Å². The van der Waals surface area contributed by atoms with Crippen molar-refractivity contribution in [1.82, 2.24) is 9.80 Å². The molecule has 3 rings (SSSR count). The molecule has 21 heavy (non-hydrogen) atoms. The molecule has 2 aliphatic rings. The van der Waals surface area contributed by atoms with Crippen LogP contribution in [-0.2, 0) is 9.59 Å². The van der Waals surface area contributed by atoms with Crippen LogP contribution in [0.4, 0.5) is 0 Å². The molecular weight excluding hydrogens is 264 g/mol. The van der Waals surface area contributed by atoms with E-state index >= 15 is 0 Å². The van der Waals surface area contributed by atoms with Crippen molar-refractivity contribution in [2.75, 3.05) is 19.6 Å². The van der Waals surface area contributed by atoms with E-state index in [1.165, 1.54) is 11.1 Å². The largest absolute Gasteiger partial charge is 0.332 e. The fraction of sp³-hybridized carbons (Fsp3) is 0.529. The molecule has 1 aromatic rings. The Morgan fingerprint density at radius 2 is 1.86 bits per heavy atom. The monoisotopic (exact) mass is 286 g/mol. The van der Waals surface area contributed by atoms with Gasteiger partial charge in [-0.15, -0.1) is 0 Å². The van der Waals surface area contributed by atoms with Crippen LogP contribution < -0.4 is 0 Å². The standard InChI is InChI=1S/C17H22N2O2/c1-11(2)17(21)18-9-15-14-7-5-4-6-13(14)12(3)8-19(15)16(20)10-18/h4-7,11-12,15H,8-10H2,1-3H3. The molecule has 0 N–H and O–H groups in total. The number of carbonyl (C=O) groups is 2. The fourth-order valence-corrected chi connectivity index (χ4v) is 3.48. The topological polar surface area (TPSA) is 40.6 Å². The molecule has 1 fully saturated rings. The number of amides is 2. The lowest BCUT2D eigenvalue weighted by atomic mass is 9.85.